The second-order valence-corrected chi connectivity index (χ2v) is 16.3. The first-order chi connectivity index (χ1) is 23.4. The molecule has 15 heteroatoms. The number of cyclic esters (lactones) is 1. The summed E-state index contributed by atoms with van der Waals surface area (Å²) in [6.07, 6.45) is -9.71. The van der Waals surface area contributed by atoms with E-state index in [2.05, 4.69) is 5.16 Å². The number of likely N-dealkylation sites (N-methyl/N-ethyl adjacent to an activating group) is 1. The van der Waals surface area contributed by atoms with E-state index in [0.29, 0.717) is 6.42 Å². The molecule has 0 radical (unpaired) electrons. The van der Waals surface area contributed by atoms with Crippen molar-refractivity contribution in [2.75, 3.05) is 21.2 Å². The minimum atomic E-state index is -1.98. The number of aliphatic hydroxyl groups excluding tert-OH is 3. The molecular weight excluding hydrogens is 668 g/mol. The molecule has 0 spiro atoms. The number of carbonyl (C=O) groups excluding carboxylic acids is 1. The molecular formula is C36H66N2O13. The summed E-state index contributed by atoms with van der Waals surface area (Å²) in [5.41, 5.74) is -4.69. The monoisotopic (exact) mass is 734 g/mol. The maximum absolute atomic E-state index is 14.0. The number of ether oxygens (including phenoxy) is 6. The Bertz CT molecular complexity index is 1190. The molecule has 15 nitrogen and oxygen atoms in total. The van der Waals surface area contributed by atoms with Gasteiger partial charge in [0.1, 0.15) is 23.9 Å². The zero-order chi connectivity index (χ0) is 39.0. The van der Waals surface area contributed by atoms with Crippen molar-refractivity contribution in [2.24, 2.45) is 28.8 Å². The summed E-state index contributed by atoms with van der Waals surface area (Å²) in [7, 11) is 5.18. The molecule has 3 heterocycles. The molecule has 0 aromatic rings. The van der Waals surface area contributed by atoms with E-state index >= 15 is 0 Å². The number of aliphatic hydroxyl groups is 5. The number of carbonyl (C=O) groups is 1. The molecule has 3 fully saturated rings. The minimum absolute atomic E-state index is 0.0674. The van der Waals surface area contributed by atoms with Crippen LogP contribution >= 0.6 is 0 Å². The van der Waals surface area contributed by atoms with Crippen molar-refractivity contribution in [2.45, 2.75) is 173 Å². The molecule has 0 aromatic carbocycles. The van der Waals surface area contributed by atoms with E-state index < -0.39 is 102 Å². The van der Waals surface area contributed by atoms with Crippen LogP contribution < -0.4 is 0 Å². The lowest BCUT2D eigenvalue weighted by molar-refractivity contribution is -0.317. The van der Waals surface area contributed by atoms with E-state index in [9.17, 15) is 35.5 Å². The molecule has 0 aromatic heterocycles. The van der Waals surface area contributed by atoms with Gasteiger partial charge in [-0.3, -0.25) is 4.79 Å². The van der Waals surface area contributed by atoms with Crippen LogP contribution in [0.25, 0.3) is 0 Å². The summed E-state index contributed by atoms with van der Waals surface area (Å²) in [6.45, 7) is 16.3. The van der Waals surface area contributed by atoms with E-state index in [1.165, 1.54) is 21.0 Å². The van der Waals surface area contributed by atoms with Gasteiger partial charge in [0.05, 0.1) is 53.4 Å². The average Bonchev–Trinajstić information content (AvgIpc) is 3.04. The molecule has 3 aliphatic heterocycles. The predicted octanol–water partition coefficient (Wildman–Crippen LogP) is 1.66. The minimum Gasteiger partial charge on any atom is -0.459 e. The maximum atomic E-state index is 14.0. The van der Waals surface area contributed by atoms with E-state index in [1.807, 2.05) is 25.9 Å². The summed E-state index contributed by atoms with van der Waals surface area (Å²) < 4.78 is 37.0. The van der Waals surface area contributed by atoms with Gasteiger partial charge in [0.2, 0.25) is 0 Å². The van der Waals surface area contributed by atoms with Gasteiger partial charge >= 0.3 is 5.97 Å². The van der Waals surface area contributed by atoms with E-state index in [4.69, 9.17) is 28.4 Å². The number of hydrogen-bond donors (Lipinski definition) is 6. The van der Waals surface area contributed by atoms with Gasteiger partial charge < -0.3 is 64.1 Å². The first-order valence-electron chi connectivity index (χ1n) is 18.2. The van der Waals surface area contributed by atoms with Crippen molar-refractivity contribution >= 4 is 11.7 Å². The van der Waals surface area contributed by atoms with Crippen LogP contribution in [0.5, 0.6) is 0 Å². The third-order valence-corrected chi connectivity index (χ3v) is 11.8. The molecule has 6 N–H and O–H groups in total. The van der Waals surface area contributed by atoms with Crippen molar-refractivity contribution < 1.29 is 64.0 Å². The Labute approximate surface area is 303 Å². The van der Waals surface area contributed by atoms with E-state index in [0.717, 1.165) is 0 Å². The first-order valence-corrected chi connectivity index (χ1v) is 18.2. The molecule has 0 bridgehead atoms. The van der Waals surface area contributed by atoms with Crippen LogP contribution in [-0.2, 0) is 33.2 Å². The zero-order valence-electron chi connectivity index (χ0n) is 32.7. The summed E-state index contributed by atoms with van der Waals surface area (Å²) >= 11 is 0. The van der Waals surface area contributed by atoms with Crippen LogP contribution in [0.3, 0.4) is 0 Å². The molecule has 298 valence electrons. The summed E-state index contributed by atoms with van der Waals surface area (Å²) in [5.74, 6) is -4.26. The van der Waals surface area contributed by atoms with Gasteiger partial charge in [-0.2, -0.15) is 0 Å². The number of oxime groups is 1. The molecule has 3 saturated heterocycles. The molecule has 18 atom stereocenters. The van der Waals surface area contributed by atoms with Gasteiger partial charge in [-0.25, -0.2) is 0 Å². The molecule has 3 aliphatic rings. The topological polar surface area (TPSA) is 209 Å². The Morgan fingerprint density at radius 3 is 2.04 bits per heavy atom. The van der Waals surface area contributed by atoms with Crippen molar-refractivity contribution in [3.8, 4) is 0 Å². The molecule has 51 heavy (non-hydrogen) atoms. The predicted molar refractivity (Wildman–Crippen MR) is 186 cm³/mol. The van der Waals surface area contributed by atoms with E-state index in [1.54, 1.807) is 48.5 Å². The number of hydrogen-bond acceptors (Lipinski definition) is 15. The number of methoxy groups -OCH3 is 1. The first kappa shape index (κ1) is 43.9. The lowest BCUT2D eigenvalue weighted by atomic mass is 9.74. The highest BCUT2D eigenvalue weighted by Gasteiger charge is 2.53. The highest BCUT2D eigenvalue weighted by molar-refractivity contribution is 5.88. The van der Waals surface area contributed by atoms with Crippen LogP contribution in [0, 0.1) is 23.7 Å². The SMILES string of the molecule is COC1(C)CC(OC2C(C)C(=O)OC(C)C(C)(O)C(O)C(C)C(=NO)C(C)CC(C)(O)C(OC3OC(C)CC(N(C)C)C3O)C2C)OC(C)C1O. The summed E-state index contributed by atoms with van der Waals surface area (Å²) in [4.78, 5) is 15.9. The summed E-state index contributed by atoms with van der Waals surface area (Å²) in [5, 5.41) is 71.3. The third-order valence-electron chi connectivity index (χ3n) is 11.8. The fourth-order valence-corrected chi connectivity index (χ4v) is 8.20. The van der Waals surface area contributed by atoms with Gasteiger partial charge in [0.15, 0.2) is 12.6 Å². The maximum Gasteiger partial charge on any atom is 0.311 e. The quantitative estimate of drug-likeness (QED) is 0.130. The molecule has 0 saturated carbocycles. The smallest absolute Gasteiger partial charge is 0.311 e. The van der Waals surface area contributed by atoms with E-state index in [-0.39, 0.29) is 30.7 Å². The molecule has 0 aliphatic carbocycles. The van der Waals surface area contributed by atoms with Gasteiger partial charge in [-0.1, -0.05) is 25.9 Å². The van der Waals surface area contributed by atoms with Gasteiger partial charge in [0.25, 0.3) is 0 Å². The standard InChI is InChI=1S/C36H66N2O13/c1-17-15-34(8,43)31(51-33-27(39)24(38(11)12)14-18(2)47-33)20(4)28(50-25-16-35(9,46-13)30(41)22(6)48-25)21(5)32(42)49-23(7)36(10,44)29(40)19(3)26(17)37-45/h17-25,27-31,33,39-41,43-45H,14-16H2,1-13H3. The number of esters is 1. The van der Waals surface area contributed by atoms with Crippen LogP contribution in [0.15, 0.2) is 5.16 Å². The Balaban J connectivity index is 2.19. The van der Waals surface area contributed by atoms with Crippen molar-refractivity contribution in [1.82, 2.24) is 4.90 Å². The highest BCUT2D eigenvalue weighted by atomic mass is 16.7. The Kier molecular flexibility index (Phi) is 14.5. The third kappa shape index (κ3) is 9.42. The Morgan fingerprint density at radius 1 is 0.882 bits per heavy atom. The van der Waals surface area contributed by atoms with Crippen LogP contribution in [0.4, 0.5) is 0 Å². The van der Waals surface area contributed by atoms with Gasteiger partial charge in [-0.05, 0) is 75.4 Å². The summed E-state index contributed by atoms with van der Waals surface area (Å²) in [6, 6.07) is -0.322. The second kappa shape index (κ2) is 16.9. The average molecular weight is 735 g/mol. The van der Waals surface area contributed by atoms with Gasteiger partial charge in [0, 0.05) is 37.3 Å². The highest BCUT2D eigenvalue weighted by Crippen LogP contribution is 2.40. The molecule has 0 amide bonds. The van der Waals surface area contributed by atoms with Crippen molar-refractivity contribution in [1.29, 1.82) is 0 Å². The fraction of sp³-hybridized carbons (Fsp3) is 0.944. The van der Waals surface area contributed by atoms with Crippen molar-refractivity contribution in [3.05, 3.63) is 0 Å². The lowest BCUT2D eigenvalue weighted by Crippen LogP contribution is -2.61. The number of nitrogens with zero attached hydrogens (tertiary/aromatic N) is 2. The molecule has 3 rings (SSSR count). The van der Waals surface area contributed by atoms with Crippen molar-refractivity contribution in [3.63, 3.8) is 0 Å². The lowest BCUT2D eigenvalue weighted by Gasteiger charge is -2.49. The van der Waals surface area contributed by atoms with Gasteiger partial charge in [-0.15, -0.1) is 0 Å². The van der Waals surface area contributed by atoms with Crippen LogP contribution in [0.1, 0.15) is 88.5 Å². The van der Waals surface area contributed by atoms with Crippen LogP contribution in [-0.4, -0.2) is 153 Å². The normalized spacial score (nSPS) is 50.5. The second-order valence-electron chi connectivity index (χ2n) is 16.3. The zero-order valence-corrected chi connectivity index (χ0v) is 32.7. The molecule has 18 unspecified atom stereocenters. The fourth-order valence-electron chi connectivity index (χ4n) is 8.20. The largest absolute Gasteiger partial charge is 0.459 e. The van der Waals surface area contributed by atoms with Crippen LogP contribution in [0.2, 0.25) is 0 Å². The Morgan fingerprint density at radius 2 is 1.49 bits per heavy atom. The number of rotatable bonds is 6. The Hall–Kier alpha value is -1.50.